The lowest BCUT2D eigenvalue weighted by atomic mass is 9.32. The number of rotatable bonds is 3. The molecule has 15 saturated carbocycles. The zero-order chi connectivity index (χ0) is 62.9. The molecular weight excluding hydrogens is 1060 g/mol. The molecule has 0 aliphatic heterocycles. The van der Waals surface area contributed by atoms with E-state index < -0.39 is 0 Å². The van der Waals surface area contributed by atoms with Gasteiger partial charge in [0, 0.05) is 25.2 Å². The second-order valence-corrected chi connectivity index (χ2v) is 41.7. The maximum Gasteiger partial charge on any atom is 0.303 e. The fourth-order valence-corrected chi connectivity index (χ4v) is 31.3. The molecule has 3 nitrogen and oxygen atoms in total. The number of esters is 1. The highest BCUT2D eigenvalue weighted by molar-refractivity contribution is 5.84. The molecule has 4 bridgehead atoms. The minimum absolute atomic E-state index is 0.0744. The van der Waals surface area contributed by atoms with Crippen LogP contribution in [0.4, 0.5) is 0 Å². The Morgan fingerprint density at radius 3 is 1.85 bits per heavy atom. The predicted octanol–water partition coefficient (Wildman–Crippen LogP) is 24.0. The number of hydrogen-bond donors (Lipinski definition) is 0. The fourth-order valence-electron chi connectivity index (χ4n) is 31.3. The summed E-state index contributed by atoms with van der Waals surface area (Å²) in [6.07, 6.45) is 46.7. The summed E-state index contributed by atoms with van der Waals surface area (Å²) in [5, 5.41) is 0. The first-order valence-corrected chi connectivity index (χ1v) is 39.2. The summed E-state index contributed by atoms with van der Waals surface area (Å²) in [5.74, 6) is 15.0. The van der Waals surface area contributed by atoms with Crippen LogP contribution >= 0.6 is 0 Å². The minimum Gasteiger partial charge on any atom is -0.459 e. The van der Waals surface area contributed by atoms with E-state index in [1.54, 1.807) is 58.3 Å². The maximum atomic E-state index is 12.4. The number of carbonyl (C=O) groups excluding carboxylic acids is 2. The second-order valence-electron chi connectivity index (χ2n) is 41.7. The summed E-state index contributed by atoms with van der Waals surface area (Å²) in [6.45, 7) is 50.1. The van der Waals surface area contributed by atoms with Crippen molar-refractivity contribution in [2.24, 2.45) is 160 Å². The maximum absolute atomic E-state index is 12.4. The van der Waals surface area contributed by atoms with E-state index in [0.717, 1.165) is 114 Å². The first kappa shape index (κ1) is 66.2. The van der Waals surface area contributed by atoms with Crippen LogP contribution in [0.3, 0.4) is 0 Å². The standard InChI is InChI=1S/C30H52.C22H38.C17H28O2.C15H24O/c1-20(2)21-12-16-27(5)18-19-29(7)22(25(21)27)10-11-24-28(6)15-9-14-26(3,4)23(28)13-17-30(24,29)8;1-15(2)18-10-11-19-17-9-8-16-7-5-6-13-21(16,3)20(17)12-14-22(18,19)4;1-12(18)19-17-8-5-7-16(4,11-17)9-6-13-14(17)10-15(13,2)3;1-13(2)7-6-11(16)12-14(3,4)10-5-8-15(12,13)9-10/h20-25H,9-19H2,1-8H3;15-20H,5-14H2,1-4H3;13-14H,5-11H2,1-4H3;10,12H,5-9H2,1-4H3/t21-,22?,23-,24+,25+,27+,28-,29+,30+;16-,17+,18-,19+,20+,21+,22-;13-,14-,16+,17-;10-,12?,15-/m0110/s1. The van der Waals surface area contributed by atoms with Crippen molar-refractivity contribution < 1.29 is 14.3 Å². The molecule has 0 radical (unpaired) electrons. The molecule has 0 heterocycles. The van der Waals surface area contributed by atoms with Gasteiger partial charge in [0.1, 0.15) is 11.4 Å². The summed E-state index contributed by atoms with van der Waals surface area (Å²) in [4.78, 5) is 24.0. The molecule has 15 rings (SSSR count). The zero-order valence-corrected chi connectivity index (χ0v) is 61.3. The molecule has 3 heteroatoms. The van der Waals surface area contributed by atoms with Crippen LogP contribution in [0.2, 0.25) is 0 Å². The SMILES string of the molecule is CC(=O)O[C@@]12CCC[C@@](C)(CC[C@@H]3[C@H]1CC3(C)C)C2.CC(C)[C@@H]1CC[C@]2(C)CC[C@]3(C)C(CC[C@@H]4[C@@]5(C)CCCC(C)(C)[C@@H]5CC[C@]43C)[C@@H]12.CC(C)[C@H]1CC[C@H]2[C@@H]3CC[C@H]4CCCC[C@]4(C)[C@H]3CC[C@]12C.CC1(C)C2C(=O)CCC(C)(C)[C@]23CC[C@H]1C3. The van der Waals surface area contributed by atoms with Crippen molar-refractivity contribution in [3.8, 4) is 0 Å². The van der Waals surface area contributed by atoms with Crippen LogP contribution in [0.5, 0.6) is 0 Å². The second kappa shape index (κ2) is 22.1. The van der Waals surface area contributed by atoms with Gasteiger partial charge in [-0.05, 0) is 334 Å². The Labute approximate surface area is 538 Å². The van der Waals surface area contributed by atoms with Crippen molar-refractivity contribution in [3.63, 3.8) is 0 Å². The molecule has 15 fully saturated rings. The van der Waals surface area contributed by atoms with Gasteiger partial charge in [-0.25, -0.2) is 0 Å². The Hall–Kier alpha value is -0.860. The highest BCUT2D eigenvalue weighted by Gasteiger charge is 2.72. The molecular formula is C84H142O3. The monoisotopic (exact) mass is 1200 g/mol. The van der Waals surface area contributed by atoms with Gasteiger partial charge < -0.3 is 4.74 Å². The van der Waals surface area contributed by atoms with Gasteiger partial charge in [-0.3, -0.25) is 9.59 Å². The van der Waals surface area contributed by atoms with Crippen LogP contribution in [-0.4, -0.2) is 17.4 Å². The van der Waals surface area contributed by atoms with Crippen LogP contribution in [-0.2, 0) is 14.3 Å². The third-order valence-electron chi connectivity index (χ3n) is 36.0. The number of hydrogen-bond acceptors (Lipinski definition) is 3. The van der Waals surface area contributed by atoms with Crippen LogP contribution in [0.15, 0.2) is 0 Å². The molecule has 0 amide bonds. The molecule has 87 heavy (non-hydrogen) atoms. The van der Waals surface area contributed by atoms with E-state index in [1.165, 1.54) is 135 Å². The highest BCUT2D eigenvalue weighted by atomic mass is 16.6. The van der Waals surface area contributed by atoms with Gasteiger partial charge in [0.05, 0.1) is 0 Å². The molecule has 15 aliphatic carbocycles. The number of Topliss-reactive ketones (excluding diaryl/α,β-unsaturated/α-hetero) is 1. The Morgan fingerprint density at radius 2 is 1.16 bits per heavy atom. The third-order valence-corrected chi connectivity index (χ3v) is 36.0. The van der Waals surface area contributed by atoms with Crippen molar-refractivity contribution in [3.05, 3.63) is 0 Å². The van der Waals surface area contributed by atoms with Crippen LogP contribution in [0.1, 0.15) is 350 Å². The minimum atomic E-state index is -0.129. The number of ketones is 1. The lowest BCUT2D eigenvalue weighted by molar-refractivity contribution is -0.236. The topological polar surface area (TPSA) is 43.4 Å². The summed E-state index contributed by atoms with van der Waals surface area (Å²) >= 11 is 0. The molecule has 0 aromatic rings. The van der Waals surface area contributed by atoms with Gasteiger partial charge in [0.25, 0.3) is 0 Å². The van der Waals surface area contributed by atoms with E-state index in [0.29, 0.717) is 71.8 Å². The molecule has 0 N–H and O–H groups in total. The molecule has 0 aromatic carbocycles. The number of carbonyl (C=O) groups is 2. The third kappa shape index (κ3) is 10.0. The smallest absolute Gasteiger partial charge is 0.303 e. The first-order chi connectivity index (χ1) is 40.4. The van der Waals surface area contributed by atoms with Crippen LogP contribution < -0.4 is 0 Å². The Kier molecular flexibility index (Phi) is 16.8. The van der Waals surface area contributed by atoms with Gasteiger partial charge in [-0.1, -0.05) is 151 Å². The van der Waals surface area contributed by atoms with Gasteiger partial charge >= 0.3 is 5.97 Å². The first-order valence-electron chi connectivity index (χ1n) is 39.2. The largest absolute Gasteiger partial charge is 0.459 e. The molecule has 0 saturated heterocycles. The molecule has 23 atom stereocenters. The molecule has 15 aliphatic rings. The van der Waals surface area contributed by atoms with Crippen molar-refractivity contribution in [1.29, 1.82) is 0 Å². The Bertz CT molecular complexity index is 2550. The van der Waals surface area contributed by atoms with Gasteiger partial charge in [0.2, 0.25) is 0 Å². The van der Waals surface area contributed by atoms with E-state index in [-0.39, 0.29) is 17.0 Å². The number of ether oxygens (including phenoxy) is 1. The summed E-state index contributed by atoms with van der Waals surface area (Å²) < 4.78 is 5.98. The van der Waals surface area contributed by atoms with Gasteiger partial charge in [-0.15, -0.1) is 0 Å². The zero-order valence-electron chi connectivity index (χ0n) is 61.3. The van der Waals surface area contributed by atoms with Gasteiger partial charge in [-0.2, -0.15) is 0 Å². The van der Waals surface area contributed by atoms with Crippen molar-refractivity contribution >= 4 is 11.8 Å². The Morgan fingerprint density at radius 1 is 0.471 bits per heavy atom. The number of fused-ring (bicyclic) bond motifs is 17. The molecule has 1 spiro atoms. The summed E-state index contributed by atoms with van der Waals surface area (Å²) in [5.41, 5.74) is 6.09. The quantitative estimate of drug-likeness (QED) is 0.265. The fraction of sp³-hybridized carbons (Fsp3) is 0.976. The molecule has 2 unspecified atom stereocenters. The highest BCUT2D eigenvalue weighted by Crippen LogP contribution is 2.79. The normalized spacial score (nSPS) is 52.8. The average molecular weight is 1200 g/mol. The van der Waals surface area contributed by atoms with E-state index in [4.69, 9.17) is 4.74 Å². The summed E-state index contributed by atoms with van der Waals surface area (Å²) in [7, 11) is 0. The van der Waals surface area contributed by atoms with Crippen LogP contribution in [0, 0.1) is 160 Å². The Balaban J connectivity index is 0.000000116. The molecule has 0 aromatic heterocycles. The van der Waals surface area contributed by atoms with E-state index >= 15 is 0 Å². The van der Waals surface area contributed by atoms with E-state index in [2.05, 4.69) is 132 Å². The van der Waals surface area contributed by atoms with E-state index in [1.807, 2.05) is 0 Å². The lowest BCUT2D eigenvalue weighted by Crippen LogP contribution is -2.65. The van der Waals surface area contributed by atoms with Crippen molar-refractivity contribution in [2.45, 2.75) is 356 Å². The lowest BCUT2D eigenvalue weighted by Gasteiger charge is -2.72. The average Bonchev–Trinajstić information content (AvgIpc) is 1.70. The van der Waals surface area contributed by atoms with Crippen LogP contribution in [0.25, 0.3) is 0 Å². The van der Waals surface area contributed by atoms with Crippen molar-refractivity contribution in [1.82, 2.24) is 0 Å². The van der Waals surface area contributed by atoms with Gasteiger partial charge in [0.15, 0.2) is 0 Å². The van der Waals surface area contributed by atoms with Crippen molar-refractivity contribution in [2.75, 3.05) is 0 Å². The summed E-state index contributed by atoms with van der Waals surface area (Å²) in [6, 6.07) is 0. The molecule has 496 valence electrons. The predicted molar refractivity (Wildman–Crippen MR) is 365 cm³/mol. The van der Waals surface area contributed by atoms with E-state index in [9.17, 15) is 9.59 Å².